The third-order valence-electron chi connectivity index (χ3n) is 2.93. The molecule has 0 N–H and O–H groups in total. The zero-order valence-corrected chi connectivity index (χ0v) is 11.8. The topological polar surface area (TPSA) is 0 Å². The van der Waals surface area contributed by atoms with Crippen LogP contribution in [0.25, 0.3) is 0 Å². The Bertz CT molecular complexity index is 176. The summed E-state index contributed by atoms with van der Waals surface area (Å²) in [5.74, 6) is 0. The SMILES string of the molecule is [CH2]CCCC/C=C/CCCCCC/C=C/CC. The highest BCUT2D eigenvalue weighted by atomic mass is 13.9. The van der Waals surface area contributed by atoms with E-state index >= 15 is 0 Å². The molecule has 0 bridgehead atoms. The van der Waals surface area contributed by atoms with Crippen LogP contribution in [0.2, 0.25) is 0 Å². The number of hydrogen-bond donors (Lipinski definition) is 0. The van der Waals surface area contributed by atoms with E-state index in [1.807, 2.05) is 0 Å². The van der Waals surface area contributed by atoms with Crippen molar-refractivity contribution in [2.45, 2.75) is 77.6 Å². The Morgan fingerprint density at radius 1 is 0.647 bits per heavy atom. The first-order valence-electron chi connectivity index (χ1n) is 7.51. The highest BCUT2D eigenvalue weighted by molar-refractivity contribution is 4.82. The molecule has 0 spiro atoms. The quantitative estimate of drug-likeness (QED) is 0.277. The summed E-state index contributed by atoms with van der Waals surface area (Å²) in [6, 6.07) is 0. The summed E-state index contributed by atoms with van der Waals surface area (Å²) in [5.41, 5.74) is 0. The average Bonchev–Trinajstić information content (AvgIpc) is 2.35. The van der Waals surface area contributed by atoms with Gasteiger partial charge in [0.1, 0.15) is 0 Å². The Labute approximate surface area is 109 Å². The lowest BCUT2D eigenvalue weighted by atomic mass is 10.1. The molecule has 0 aliphatic heterocycles. The molecule has 1 radical (unpaired) electrons. The molecule has 0 atom stereocenters. The molecule has 0 heteroatoms. The summed E-state index contributed by atoms with van der Waals surface area (Å²) in [4.78, 5) is 0. The van der Waals surface area contributed by atoms with Crippen LogP contribution >= 0.6 is 0 Å². The molecule has 0 aliphatic rings. The molecule has 17 heavy (non-hydrogen) atoms. The fraction of sp³-hybridized carbons (Fsp3) is 0.706. The predicted octanol–water partition coefficient (Wildman–Crippen LogP) is 6.24. The van der Waals surface area contributed by atoms with Crippen molar-refractivity contribution in [3.05, 3.63) is 31.2 Å². The summed E-state index contributed by atoms with van der Waals surface area (Å²) in [6.45, 7) is 6.05. The minimum absolute atomic E-state index is 1.08. The largest absolute Gasteiger partial charge is 0.0888 e. The maximum Gasteiger partial charge on any atom is -0.0351 e. The van der Waals surface area contributed by atoms with Gasteiger partial charge in [-0.05, 0) is 44.9 Å². The fourth-order valence-corrected chi connectivity index (χ4v) is 1.84. The van der Waals surface area contributed by atoms with Crippen molar-refractivity contribution in [1.82, 2.24) is 0 Å². The standard InChI is InChI=1S/C17H31/c1-3-5-7-9-11-13-15-17-16-14-12-10-8-6-4-2/h6,8,11,13H,1,3-5,7,9-10,12,14-17H2,2H3/b8-6+,13-11+. The zero-order valence-electron chi connectivity index (χ0n) is 11.8. The van der Waals surface area contributed by atoms with Gasteiger partial charge in [0.15, 0.2) is 0 Å². The van der Waals surface area contributed by atoms with Gasteiger partial charge in [-0.2, -0.15) is 0 Å². The fourth-order valence-electron chi connectivity index (χ4n) is 1.84. The summed E-state index contributed by atoms with van der Waals surface area (Å²) < 4.78 is 0. The zero-order chi connectivity index (χ0) is 12.6. The lowest BCUT2D eigenvalue weighted by molar-refractivity contribution is 0.651. The van der Waals surface area contributed by atoms with E-state index in [4.69, 9.17) is 0 Å². The van der Waals surface area contributed by atoms with Crippen LogP contribution in [0.15, 0.2) is 24.3 Å². The van der Waals surface area contributed by atoms with Crippen LogP contribution in [0.5, 0.6) is 0 Å². The number of rotatable bonds is 12. The van der Waals surface area contributed by atoms with Gasteiger partial charge in [-0.25, -0.2) is 0 Å². The minimum atomic E-state index is 1.08. The van der Waals surface area contributed by atoms with Crippen molar-refractivity contribution in [2.24, 2.45) is 0 Å². The van der Waals surface area contributed by atoms with Crippen LogP contribution in [0.1, 0.15) is 77.6 Å². The second-order valence-corrected chi connectivity index (χ2v) is 4.69. The second kappa shape index (κ2) is 15.5. The van der Waals surface area contributed by atoms with Crippen molar-refractivity contribution in [1.29, 1.82) is 0 Å². The van der Waals surface area contributed by atoms with E-state index in [-0.39, 0.29) is 0 Å². The van der Waals surface area contributed by atoms with Gasteiger partial charge < -0.3 is 0 Å². The molecule has 0 rings (SSSR count). The van der Waals surface area contributed by atoms with Crippen LogP contribution in [0, 0.1) is 6.92 Å². The number of allylic oxidation sites excluding steroid dienone is 4. The van der Waals surface area contributed by atoms with E-state index in [1.165, 1.54) is 64.2 Å². The van der Waals surface area contributed by atoms with E-state index in [0.29, 0.717) is 0 Å². The van der Waals surface area contributed by atoms with Crippen molar-refractivity contribution in [3.63, 3.8) is 0 Å². The molecule has 0 fully saturated rings. The van der Waals surface area contributed by atoms with Gasteiger partial charge in [0.25, 0.3) is 0 Å². The Hall–Kier alpha value is -0.520. The third-order valence-corrected chi connectivity index (χ3v) is 2.93. The maximum atomic E-state index is 3.85. The van der Waals surface area contributed by atoms with Crippen LogP contribution < -0.4 is 0 Å². The first-order chi connectivity index (χ1) is 8.41. The van der Waals surface area contributed by atoms with Gasteiger partial charge in [-0.15, -0.1) is 0 Å². The molecule has 0 saturated heterocycles. The molecule has 0 saturated carbocycles. The van der Waals surface area contributed by atoms with Crippen LogP contribution in [0.4, 0.5) is 0 Å². The first-order valence-corrected chi connectivity index (χ1v) is 7.51. The highest BCUT2D eigenvalue weighted by Gasteiger charge is 1.87. The van der Waals surface area contributed by atoms with Gasteiger partial charge in [0, 0.05) is 0 Å². The first kappa shape index (κ1) is 16.5. The Kier molecular flexibility index (Phi) is 15.0. The van der Waals surface area contributed by atoms with Crippen LogP contribution in [-0.4, -0.2) is 0 Å². The minimum Gasteiger partial charge on any atom is -0.0888 e. The van der Waals surface area contributed by atoms with Gasteiger partial charge in [0.05, 0.1) is 0 Å². The molecule has 0 nitrogen and oxygen atoms in total. The highest BCUT2D eigenvalue weighted by Crippen LogP contribution is 2.07. The molecule has 0 aromatic rings. The third kappa shape index (κ3) is 15.5. The van der Waals surface area contributed by atoms with Crippen LogP contribution in [-0.2, 0) is 0 Å². The molecule has 0 aromatic carbocycles. The Balaban J connectivity index is 3.05. The number of hydrogen-bond acceptors (Lipinski definition) is 0. The van der Waals surface area contributed by atoms with E-state index < -0.39 is 0 Å². The molecule has 0 unspecified atom stereocenters. The van der Waals surface area contributed by atoms with Crippen LogP contribution in [0.3, 0.4) is 0 Å². The van der Waals surface area contributed by atoms with E-state index in [1.54, 1.807) is 0 Å². The van der Waals surface area contributed by atoms with Crippen molar-refractivity contribution in [3.8, 4) is 0 Å². The monoisotopic (exact) mass is 235 g/mol. The second-order valence-electron chi connectivity index (χ2n) is 4.69. The molecule has 99 valence electrons. The smallest absolute Gasteiger partial charge is 0.0351 e. The normalized spacial score (nSPS) is 11.9. The van der Waals surface area contributed by atoms with Gasteiger partial charge >= 0.3 is 0 Å². The van der Waals surface area contributed by atoms with Crippen molar-refractivity contribution < 1.29 is 0 Å². The van der Waals surface area contributed by atoms with E-state index in [9.17, 15) is 0 Å². The van der Waals surface area contributed by atoms with Gasteiger partial charge in [-0.1, -0.05) is 63.8 Å². The molecule has 0 amide bonds. The average molecular weight is 235 g/mol. The van der Waals surface area contributed by atoms with Gasteiger partial charge in [0.2, 0.25) is 0 Å². The van der Waals surface area contributed by atoms with Crippen molar-refractivity contribution >= 4 is 0 Å². The van der Waals surface area contributed by atoms with Crippen molar-refractivity contribution in [2.75, 3.05) is 0 Å². The van der Waals surface area contributed by atoms with E-state index in [2.05, 4.69) is 38.2 Å². The molecule has 0 aliphatic carbocycles. The lowest BCUT2D eigenvalue weighted by Gasteiger charge is -1.97. The van der Waals surface area contributed by atoms with Gasteiger partial charge in [-0.3, -0.25) is 0 Å². The molecular formula is C17H31. The maximum absolute atomic E-state index is 3.85. The summed E-state index contributed by atoms with van der Waals surface area (Å²) >= 11 is 0. The molecule has 0 aromatic heterocycles. The summed E-state index contributed by atoms with van der Waals surface area (Å²) in [6.07, 6.45) is 23.5. The summed E-state index contributed by atoms with van der Waals surface area (Å²) in [5, 5.41) is 0. The lowest BCUT2D eigenvalue weighted by Crippen LogP contribution is -1.77. The Morgan fingerprint density at radius 2 is 1.12 bits per heavy atom. The molecular weight excluding hydrogens is 204 g/mol. The summed E-state index contributed by atoms with van der Waals surface area (Å²) in [7, 11) is 0. The predicted molar refractivity (Wildman–Crippen MR) is 80.1 cm³/mol. The van der Waals surface area contributed by atoms with E-state index in [0.717, 1.165) is 6.42 Å². The Morgan fingerprint density at radius 3 is 1.59 bits per heavy atom. The molecule has 0 heterocycles. The number of unbranched alkanes of at least 4 members (excludes halogenated alkanes) is 8.